The van der Waals surface area contributed by atoms with Crippen molar-refractivity contribution in [1.82, 2.24) is 14.5 Å². The van der Waals surface area contributed by atoms with Crippen LogP contribution >= 0.6 is 0 Å². The lowest BCUT2D eigenvalue weighted by Gasteiger charge is -2.36. The van der Waals surface area contributed by atoms with Crippen molar-refractivity contribution in [2.75, 3.05) is 64.9 Å². The summed E-state index contributed by atoms with van der Waals surface area (Å²) >= 11 is 0. The number of piperidine rings is 1. The van der Waals surface area contributed by atoms with Crippen LogP contribution in [0.2, 0.25) is 0 Å². The molecule has 0 radical (unpaired) electrons. The molecule has 2 heterocycles. The summed E-state index contributed by atoms with van der Waals surface area (Å²) in [7, 11) is -0.655. The van der Waals surface area contributed by atoms with E-state index in [1.54, 1.807) is 12.1 Å². The number of benzene rings is 1. The van der Waals surface area contributed by atoms with E-state index in [1.165, 1.54) is 30.9 Å². The Hall–Kier alpha value is -1.68. The second kappa shape index (κ2) is 10.5. The van der Waals surface area contributed by atoms with E-state index in [0.717, 1.165) is 25.3 Å². The number of hydrogen-bond acceptors (Lipinski definition) is 6. The van der Waals surface area contributed by atoms with Crippen LogP contribution in [0.4, 0.5) is 5.69 Å². The monoisotopic (exact) mass is 466 g/mol. The fourth-order valence-corrected chi connectivity index (χ4v) is 5.75. The zero-order valence-corrected chi connectivity index (χ0v) is 20.8. The molecular formula is C23H38N4O4S. The standard InChI is InChI=1S/C23H38N4O4S/c1-17-12-18(2)15-26(14-17)16-19(3)24-23(28)21-13-20(32(29,30)25(4)5)6-7-22(21)27-8-10-31-11-9-27/h6-7,13,17-19H,8-12,14-16H2,1-5H3,(H,24,28). The lowest BCUT2D eigenvalue weighted by molar-refractivity contribution is 0.0903. The number of ether oxygens (including phenoxy) is 1. The summed E-state index contributed by atoms with van der Waals surface area (Å²) in [6.07, 6.45) is 1.24. The number of rotatable bonds is 7. The maximum Gasteiger partial charge on any atom is 0.253 e. The van der Waals surface area contributed by atoms with Gasteiger partial charge in [0.2, 0.25) is 10.0 Å². The number of hydrogen-bond donors (Lipinski definition) is 1. The van der Waals surface area contributed by atoms with Crippen molar-refractivity contribution < 1.29 is 17.9 Å². The number of nitrogens with zero attached hydrogens (tertiary/aromatic N) is 3. The molecule has 32 heavy (non-hydrogen) atoms. The summed E-state index contributed by atoms with van der Waals surface area (Å²) in [6.45, 7) is 11.9. The minimum atomic E-state index is -3.64. The first-order valence-corrected chi connectivity index (χ1v) is 12.9. The van der Waals surface area contributed by atoms with Crippen LogP contribution in [0.3, 0.4) is 0 Å². The fourth-order valence-electron chi connectivity index (χ4n) is 4.82. The van der Waals surface area contributed by atoms with Crippen molar-refractivity contribution in [3.05, 3.63) is 23.8 Å². The summed E-state index contributed by atoms with van der Waals surface area (Å²) in [5.74, 6) is 1.07. The lowest BCUT2D eigenvalue weighted by atomic mass is 9.92. The number of likely N-dealkylation sites (tertiary alicyclic amines) is 1. The highest BCUT2D eigenvalue weighted by Gasteiger charge is 2.26. The molecule has 2 aliphatic heterocycles. The second-order valence-electron chi connectivity index (χ2n) is 9.60. The summed E-state index contributed by atoms with van der Waals surface area (Å²) in [5.41, 5.74) is 1.14. The van der Waals surface area contributed by atoms with Crippen LogP contribution in [-0.2, 0) is 14.8 Å². The topological polar surface area (TPSA) is 82.2 Å². The van der Waals surface area contributed by atoms with Gasteiger partial charge in [-0.1, -0.05) is 13.8 Å². The molecule has 3 unspecified atom stereocenters. The molecule has 3 atom stereocenters. The van der Waals surface area contributed by atoms with E-state index in [-0.39, 0.29) is 16.8 Å². The number of anilines is 1. The molecular weight excluding hydrogens is 428 g/mol. The van der Waals surface area contributed by atoms with Gasteiger partial charge < -0.3 is 19.9 Å². The van der Waals surface area contributed by atoms with Gasteiger partial charge in [0.05, 0.1) is 23.7 Å². The zero-order valence-electron chi connectivity index (χ0n) is 20.0. The number of carbonyl (C=O) groups excluding carboxylic acids is 1. The Balaban J connectivity index is 1.81. The first-order chi connectivity index (χ1) is 15.1. The summed E-state index contributed by atoms with van der Waals surface area (Å²) in [5, 5.41) is 3.11. The highest BCUT2D eigenvalue weighted by Crippen LogP contribution is 2.27. The number of sulfonamides is 1. The van der Waals surface area contributed by atoms with Gasteiger partial charge in [-0.2, -0.15) is 0 Å². The Morgan fingerprint density at radius 1 is 1.19 bits per heavy atom. The molecule has 2 fully saturated rings. The van der Waals surface area contributed by atoms with Gasteiger partial charge in [0.15, 0.2) is 0 Å². The third kappa shape index (κ3) is 6.01. The van der Waals surface area contributed by atoms with E-state index in [1.807, 2.05) is 6.92 Å². The van der Waals surface area contributed by atoms with Gasteiger partial charge >= 0.3 is 0 Å². The molecule has 0 saturated carbocycles. The summed E-state index contributed by atoms with van der Waals surface area (Å²) in [4.78, 5) is 18.0. The van der Waals surface area contributed by atoms with Crippen LogP contribution in [0.25, 0.3) is 0 Å². The van der Waals surface area contributed by atoms with Crippen LogP contribution in [0.1, 0.15) is 37.6 Å². The van der Waals surface area contributed by atoms with Crippen molar-refractivity contribution in [2.24, 2.45) is 11.8 Å². The lowest BCUT2D eigenvalue weighted by Crippen LogP contribution is -2.47. The molecule has 1 amide bonds. The number of carbonyl (C=O) groups is 1. The molecule has 0 aliphatic carbocycles. The molecule has 8 nitrogen and oxygen atoms in total. The highest BCUT2D eigenvalue weighted by molar-refractivity contribution is 7.89. The predicted octanol–water partition coefficient (Wildman–Crippen LogP) is 1.87. The van der Waals surface area contributed by atoms with E-state index in [0.29, 0.717) is 43.7 Å². The molecule has 1 N–H and O–H groups in total. The Kier molecular flexibility index (Phi) is 8.19. The van der Waals surface area contributed by atoms with E-state index >= 15 is 0 Å². The maximum atomic E-state index is 13.3. The van der Waals surface area contributed by atoms with Crippen molar-refractivity contribution in [3.63, 3.8) is 0 Å². The van der Waals surface area contributed by atoms with Crippen LogP contribution < -0.4 is 10.2 Å². The van der Waals surface area contributed by atoms with Gasteiger partial charge in [0, 0.05) is 58.5 Å². The molecule has 0 bridgehead atoms. The summed E-state index contributed by atoms with van der Waals surface area (Å²) < 4.78 is 32.0. The SMILES string of the molecule is CC1CC(C)CN(CC(C)NC(=O)c2cc(S(=O)(=O)N(C)C)ccc2N2CCOCC2)C1. The number of nitrogens with one attached hydrogen (secondary N) is 1. The number of amides is 1. The Morgan fingerprint density at radius 3 is 2.41 bits per heavy atom. The van der Waals surface area contributed by atoms with Crippen LogP contribution in [0.5, 0.6) is 0 Å². The van der Waals surface area contributed by atoms with E-state index in [2.05, 4.69) is 29.0 Å². The van der Waals surface area contributed by atoms with E-state index < -0.39 is 10.0 Å². The molecule has 2 saturated heterocycles. The van der Waals surface area contributed by atoms with Gasteiger partial charge in [-0.3, -0.25) is 4.79 Å². The quantitative estimate of drug-likeness (QED) is 0.661. The highest BCUT2D eigenvalue weighted by atomic mass is 32.2. The van der Waals surface area contributed by atoms with E-state index in [9.17, 15) is 13.2 Å². The molecule has 2 aliphatic rings. The Bertz CT molecular complexity index is 889. The van der Waals surface area contributed by atoms with Crippen molar-refractivity contribution in [1.29, 1.82) is 0 Å². The van der Waals surface area contributed by atoms with Gasteiger partial charge in [-0.05, 0) is 43.4 Å². The molecule has 180 valence electrons. The Morgan fingerprint density at radius 2 is 1.81 bits per heavy atom. The average molecular weight is 467 g/mol. The van der Waals surface area contributed by atoms with Crippen LogP contribution in [0, 0.1) is 11.8 Å². The minimum absolute atomic E-state index is 0.0494. The van der Waals surface area contributed by atoms with Crippen molar-refractivity contribution in [3.8, 4) is 0 Å². The first-order valence-electron chi connectivity index (χ1n) is 11.5. The zero-order chi connectivity index (χ0) is 23.5. The van der Waals surface area contributed by atoms with Crippen molar-refractivity contribution in [2.45, 2.75) is 38.1 Å². The summed E-state index contributed by atoms with van der Waals surface area (Å²) in [6, 6.07) is 4.78. The van der Waals surface area contributed by atoms with Gasteiger partial charge in [-0.15, -0.1) is 0 Å². The van der Waals surface area contributed by atoms with Crippen LogP contribution in [-0.4, -0.2) is 89.6 Å². The molecule has 1 aromatic carbocycles. The van der Waals surface area contributed by atoms with Crippen molar-refractivity contribution >= 4 is 21.6 Å². The molecule has 3 rings (SSSR count). The average Bonchev–Trinajstić information content (AvgIpc) is 2.72. The van der Waals surface area contributed by atoms with E-state index in [4.69, 9.17) is 4.74 Å². The predicted molar refractivity (Wildman–Crippen MR) is 127 cm³/mol. The molecule has 9 heteroatoms. The minimum Gasteiger partial charge on any atom is -0.378 e. The fraction of sp³-hybridized carbons (Fsp3) is 0.696. The molecule has 0 aromatic heterocycles. The third-order valence-electron chi connectivity index (χ3n) is 6.20. The smallest absolute Gasteiger partial charge is 0.253 e. The number of morpholine rings is 1. The van der Waals surface area contributed by atoms with Crippen LogP contribution in [0.15, 0.2) is 23.1 Å². The maximum absolute atomic E-state index is 13.3. The third-order valence-corrected chi connectivity index (χ3v) is 8.01. The van der Waals surface area contributed by atoms with Gasteiger partial charge in [0.1, 0.15) is 0 Å². The van der Waals surface area contributed by atoms with Gasteiger partial charge in [-0.25, -0.2) is 12.7 Å². The second-order valence-corrected chi connectivity index (χ2v) is 11.8. The Labute approximate surface area is 192 Å². The van der Waals surface area contributed by atoms with Gasteiger partial charge in [0.25, 0.3) is 5.91 Å². The molecule has 0 spiro atoms. The normalized spacial score (nSPS) is 23.9. The first kappa shape index (κ1) is 25.0. The largest absolute Gasteiger partial charge is 0.378 e. The molecule has 1 aromatic rings.